The van der Waals surface area contributed by atoms with Crippen LogP contribution in [0.5, 0.6) is 17.2 Å². The zero-order chi connectivity index (χ0) is 81.1. The number of aromatic hydroxyl groups is 1. The summed E-state index contributed by atoms with van der Waals surface area (Å²) in [6.07, 6.45) is 4.47. The van der Waals surface area contributed by atoms with Crippen LogP contribution in [0.25, 0.3) is 48.9 Å². The smallest absolute Gasteiger partial charge is 0.311 e. The number of ether oxygens (including phenoxy) is 4. The van der Waals surface area contributed by atoms with Crippen LogP contribution in [0.15, 0.2) is 104 Å². The van der Waals surface area contributed by atoms with Gasteiger partial charge in [-0.3, -0.25) is 24.0 Å². The Labute approximate surface area is 673 Å². The van der Waals surface area contributed by atoms with E-state index in [0.717, 1.165) is 39.8 Å². The van der Waals surface area contributed by atoms with E-state index in [2.05, 4.69) is 45.1 Å². The first kappa shape index (κ1) is 89.4. The molecule has 0 unspecified atom stereocenters. The number of benzene rings is 6. The Morgan fingerprint density at radius 1 is 0.436 bits per heavy atom. The van der Waals surface area contributed by atoms with E-state index in [4.69, 9.17) is 133 Å². The largest absolute Gasteiger partial charge is 0.506 e. The summed E-state index contributed by atoms with van der Waals surface area (Å²) < 4.78 is 39.8. The predicted molar refractivity (Wildman–Crippen MR) is 422 cm³/mol. The van der Waals surface area contributed by atoms with Gasteiger partial charge in [-0.15, -0.1) is 30.6 Å². The summed E-state index contributed by atoms with van der Waals surface area (Å²) in [7, 11) is 0. The van der Waals surface area contributed by atoms with Crippen LogP contribution in [-0.4, -0.2) is 88.2 Å². The predicted octanol–water partition coefficient (Wildman–Crippen LogP) is 22.2. The molecule has 0 amide bonds. The number of halogens is 7. The fourth-order valence-electron chi connectivity index (χ4n) is 10.8. The van der Waals surface area contributed by atoms with E-state index in [1.54, 1.807) is 81.4 Å². The van der Waals surface area contributed by atoms with Gasteiger partial charge in [-0.1, -0.05) is 141 Å². The van der Waals surface area contributed by atoms with Crippen LogP contribution in [-0.2, 0) is 52.7 Å². The highest BCUT2D eigenvalue weighted by Gasteiger charge is 2.33. The topological polar surface area (TPSA) is 293 Å². The maximum Gasteiger partial charge on any atom is 0.311 e. The first-order valence-corrected chi connectivity index (χ1v) is 37.8. The van der Waals surface area contributed by atoms with Gasteiger partial charge in [0.25, 0.3) is 0 Å². The zero-order valence-electron chi connectivity index (χ0n) is 62.3. The average Bonchev–Trinajstić information content (AvgIpc) is 1.53. The van der Waals surface area contributed by atoms with Crippen LogP contribution in [0.3, 0.4) is 0 Å². The lowest BCUT2D eigenvalue weighted by Gasteiger charge is -2.22. The number of hydrogen-bond acceptors (Lipinski definition) is 20. The highest BCUT2D eigenvalue weighted by molar-refractivity contribution is 6.63. The summed E-state index contributed by atoms with van der Waals surface area (Å²) in [5.74, 6) is -0.829. The minimum atomic E-state index is -0.754. The third kappa shape index (κ3) is 25.3. The lowest BCUT2D eigenvalue weighted by atomic mass is 9.92. The van der Waals surface area contributed by atoms with Crippen LogP contribution in [0.1, 0.15) is 188 Å². The third-order valence-electron chi connectivity index (χ3n) is 17.0. The maximum absolute atomic E-state index is 12.3. The standard InChI is InChI=1S/2C28H29Cl2N3O5.C20H17Cl2N3O3.C4H7ClO/c2*1-6-8-24(34)36-17(4)20(14-18-10-12-22(31-5)26(30)16(18)3)28-33-32-27(38-28)19-11-13-23(21(29)15-19)37-25(35)9-7-2;1-10-12(4-6-16(23-3)18(10)22)8-14(11(2)26)20-25-24-19(28-20)13-5-7-17(27)15(21)9-13;1-2-3-4(5)6/h2*10-13,15,17,20H,6-9,14H2,1-4H3;4-7,9,11,14,26-27H,8H2,1-2H3;2-3H2,1H3/t2*17-,20+;11-,14+;/m000./s1. The average molecular weight is 1640 g/mol. The first-order chi connectivity index (χ1) is 52.4. The fraction of sp³-hybridized carbons (Fsp3) is 0.375. The molecule has 9 aromatic rings. The van der Waals surface area contributed by atoms with Crippen molar-refractivity contribution in [1.29, 1.82) is 0 Å². The molecule has 23 nitrogen and oxygen atoms in total. The second-order valence-electron chi connectivity index (χ2n) is 25.3. The van der Waals surface area contributed by atoms with E-state index < -0.39 is 36.1 Å². The molecule has 0 aliphatic carbocycles. The Morgan fingerprint density at radius 2 is 0.745 bits per heavy atom. The Hall–Kier alpha value is -9.45. The van der Waals surface area contributed by atoms with Crippen molar-refractivity contribution >= 4 is 127 Å². The van der Waals surface area contributed by atoms with Crippen molar-refractivity contribution in [3.05, 3.63) is 206 Å². The quantitative estimate of drug-likeness (QED) is 0.0190. The molecule has 3 aromatic heterocycles. The van der Waals surface area contributed by atoms with E-state index in [1.807, 2.05) is 73.6 Å². The van der Waals surface area contributed by atoms with Crippen LogP contribution in [0.2, 0.25) is 30.1 Å². The van der Waals surface area contributed by atoms with Crippen molar-refractivity contribution < 1.29 is 66.4 Å². The number of carbonyl (C=O) groups is 5. The number of aliphatic hydroxyl groups is 1. The summed E-state index contributed by atoms with van der Waals surface area (Å²) in [5.41, 5.74) is 7.69. The molecule has 6 atom stereocenters. The Kier molecular flexibility index (Phi) is 35.6. The number of phenolic OH excluding ortho intramolecular Hbond substituents is 1. The molecule has 110 heavy (non-hydrogen) atoms. The van der Waals surface area contributed by atoms with E-state index in [1.165, 1.54) is 12.1 Å². The van der Waals surface area contributed by atoms with Gasteiger partial charge < -0.3 is 42.4 Å². The minimum Gasteiger partial charge on any atom is -0.506 e. The van der Waals surface area contributed by atoms with Crippen molar-refractivity contribution in [2.45, 2.75) is 196 Å². The number of phenols is 1. The van der Waals surface area contributed by atoms with Crippen molar-refractivity contribution in [3.63, 3.8) is 0 Å². The van der Waals surface area contributed by atoms with Crippen molar-refractivity contribution in [2.24, 2.45) is 0 Å². The number of hydrogen-bond donors (Lipinski definition) is 2. The van der Waals surface area contributed by atoms with Gasteiger partial charge in [-0.05, 0) is 192 Å². The van der Waals surface area contributed by atoms with Gasteiger partial charge in [-0.25, -0.2) is 14.5 Å². The molecule has 0 saturated heterocycles. The minimum absolute atomic E-state index is 0.0396. The number of aromatic nitrogens is 6. The van der Waals surface area contributed by atoms with Gasteiger partial charge in [-0.2, -0.15) is 0 Å². The molecule has 30 heteroatoms. The molecule has 0 saturated carbocycles. The second-order valence-corrected chi connectivity index (χ2v) is 28.1. The number of esters is 4. The summed E-state index contributed by atoms with van der Waals surface area (Å²) >= 11 is 42.6. The van der Waals surface area contributed by atoms with E-state index >= 15 is 0 Å². The van der Waals surface area contributed by atoms with Crippen molar-refractivity contribution in [3.8, 4) is 51.6 Å². The maximum atomic E-state index is 12.3. The summed E-state index contributed by atoms with van der Waals surface area (Å²) in [6.45, 7) is 42.0. The summed E-state index contributed by atoms with van der Waals surface area (Å²) in [6, 6.07) is 24.7. The molecule has 3 heterocycles. The van der Waals surface area contributed by atoms with Gasteiger partial charge >= 0.3 is 23.9 Å². The van der Waals surface area contributed by atoms with Crippen LogP contribution >= 0.6 is 81.2 Å². The molecule has 0 spiro atoms. The Morgan fingerprint density at radius 3 is 1.04 bits per heavy atom. The Balaban J connectivity index is 0.000000251. The molecule has 0 aliphatic rings. The molecule has 6 aromatic carbocycles. The SMILES string of the molecule is CCCC(=O)Cl.[C-]#[N+]c1ccc(C[C@@H](c2nnc(-c3ccc(O)c(Cl)c3)o2)[C@H](C)O)c(C)c1Cl.[C-]#[N+]c1ccc(C[C@@H](c2nnc(-c3ccc(OC(=O)CCC)c(Cl)c3)o2)[C@H](C)OC(=O)CCC)c(C)c1Cl.[C-]#[N+]c1ccc(C[C@@H](c2nnc(-c3ccc(OC(=O)CCC)c(Cl)c3)o2)[C@H](C)OC(=O)CCC)c(C)c1Cl. The van der Waals surface area contributed by atoms with Gasteiger partial charge in [0.2, 0.25) is 57.6 Å². The van der Waals surface area contributed by atoms with Gasteiger partial charge in [0.05, 0.1) is 73.7 Å². The van der Waals surface area contributed by atoms with Gasteiger partial charge in [0, 0.05) is 48.8 Å². The lowest BCUT2D eigenvalue weighted by molar-refractivity contribution is -0.150. The third-order valence-corrected chi connectivity index (χ3v) is 19.5. The molecular weight excluding hydrogens is 1560 g/mol. The number of nitrogens with zero attached hydrogens (tertiary/aromatic N) is 9. The van der Waals surface area contributed by atoms with E-state index in [-0.39, 0.29) is 96.8 Å². The monoisotopic (exact) mass is 1640 g/mol. The summed E-state index contributed by atoms with van der Waals surface area (Å²) in [5, 5.41) is 46.4. The molecular formula is C80H82Cl7N9O14. The molecule has 9 rings (SSSR count). The lowest BCUT2D eigenvalue weighted by Crippen LogP contribution is -2.25. The molecule has 0 fully saturated rings. The van der Waals surface area contributed by atoms with Crippen LogP contribution in [0, 0.1) is 40.5 Å². The first-order valence-electron chi connectivity index (χ1n) is 35.2. The molecule has 580 valence electrons. The van der Waals surface area contributed by atoms with Crippen LogP contribution < -0.4 is 9.47 Å². The number of aliphatic hydroxyl groups excluding tert-OH is 1. The normalized spacial score (nSPS) is 12.4. The highest BCUT2D eigenvalue weighted by atomic mass is 35.5. The number of rotatable bonds is 29. The fourth-order valence-corrected chi connectivity index (χ4v) is 12.3. The van der Waals surface area contributed by atoms with Crippen molar-refractivity contribution in [2.75, 3.05) is 0 Å². The zero-order valence-corrected chi connectivity index (χ0v) is 67.6. The van der Waals surface area contributed by atoms with E-state index in [9.17, 15) is 34.2 Å². The number of carbonyl (C=O) groups excluding carboxylic acids is 5. The summed E-state index contributed by atoms with van der Waals surface area (Å²) in [4.78, 5) is 68.3. The van der Waals surface area contributed by atoms with Crippen molar-refractivity contribution in [1.82, 2.24) is 30.6 Å². The molecule has 0 radical (unpaired) electrons. The van der Waals surface area contributed by atoms with Gasteiger partial charge in [0.1, 0.15) is 29.5 Å². The van der Waals surface area contributed by atoms with E-state index in [0.29, 0.717) is 126 Å². The molecule has 2 N–H and O–H groups in total. The van der Waals surface area contributed by atoms with Crippen LogP contribution in [0.4, 0.5) is 17.1 Å². The molecule has 0 bridgehead atoms. The second kappa shape index (κ2) is 43.8. The van der Waals surface area contributed by atoms with Gasteiger partial charge in [0.15, 0.2) is 0 Å². The highest BCUT2D eigenvalue weighted by Crippen LogP contribution is 2.41. The Bertz CT molecular complexity index is 4620. The molecule has 0 aliphatic heterocycles.